The van der Waals surface area contributed by atoms with Gasteiger partial charge in [0.1, 0.15) is 5.60 Å². The molecule has 7 nitrogen and oxygen atoms in total. The van der Waals surface area contributed by atoms with Crippen LogP contribution in [0.15, 0.2) is 30.5 Å². The van der Waals surface area contributed by atoms with E-state index in [4.69, 9.17) is 4.74 Å². The van der Waals surface area contributed by atoms with Crippen LogP contribution in [0.25, 0.3) is 0 Å². The molecule has 0 aliphatic carbocycles. The van der Waals surface area contributed by atoms with E-state index < -0.39 is 5.60 Å². The molecule has 180 valence electrons. The summed E-state index contributed by atoms with van der Waals surface area (Å²) in [6, 6.07) is 9.58. The van der Waals surface area contributed by atoms with Crippen LogP contribution >= 0.6 is 0 Å². The summed E-state index contributed by atoms with van der Waals surface area (Å²) in [5, 5.41) is 9.58. The molecule has 1 aromatic heterocycles. The van der Waals surface area contributed by atoms with Crippen molar-refractivity contribution in [2.24, 2.45) is 0 Å². The number of ether oxygens (including phenoxy) is 1. The van der Waals surface area contributed by atoms with Crippen molar-refractivity contribution < 1.29 is 14.3 Å². The Labute approximate surface area is 202 Å². The third-order valence-corrected chi connectivity index (χ3v) is 6.07. The third kappa shape index (κ3) is 6.42. The summed E-state index contributed by atoms with van der Waals surface area (Å²) in [7, 11) is 0. The van der Waals surface area contributed by atoms with Gasteiger partial charge in [-0.15, -0.1) is 0 Å². The van der Waals surface area contributed by atoms with Crippen LogP contribution in [0.4, 0.5) is 4.79 Å². The largest absolute Gasteiger partial charge is 0.444 e. The fourth-order valence-corrected chi connectivity index (χ4v) is 4.17. The summed E-state index contributed by atoms with van der Waals surface area (Å²) < 4.78 is 5.54. The fraction of sp³-hybridized carbons (Fsp3) is 0.481. The first-order valence-corrected chi connectivity index (χ1v) is 11.7. The van der Waals surface area contributed by atoms with Crippen molar-refractivity contribution >= 4 is 11.9 Å². The van der Waals surface area contributed by atoms with Crippen molar-refractivity contribution in [3.8, 4) is 6.07 Å². The van der Waals surface area contributed by atoms with E-state index in [1.54, 1.807) is 23.2 Å². The number of amides is 1. The predicted molar refractivity (Wildman–Crippen MR) is 131 cm³/mol. The molecule has 0 radical (unpaired) electrons. The quantitative estimate of drug-likeness (QED) is 0.611. The van der Waals surface area contributed by atoms with E-state index in [0.29, 0.717) is 37.3 Å². The van der Waals surface area contributed by atoms with Gasteiger partial charge in [0.2, 0.25) is 0 Å². The number of aromatic nitrogens is 1. The van der Waals surface area contributed by atoms with Crippen LogP contribution in [0.1, 0.15) is 66.0 Å². The van der Waals surface area contributed by atoms with Gasteiger partial charge in [0.25, 0.3) is 0 Å². The second-order valence-corrected chi connectivity index (χ2v) is 10.1. The standard InChI is InChI=1S/C27H34N4O3/c1-18-7-8-22(15-29-18)25(32)13-23-11-21(14-28)12-24(20(23)3)17-30-9-10-31(19(2)16-30)26(33)34-27(4,5)6/h7-8,11-12,15,19H,9-10,13,16-17H2,1-6H3/t19-/m0/s1. The molecule has 0 N–H and O–H groups in total. The zero-order valence-corrected chi connectivity index (χ0v) is 21.0. The predicted octanol–water partition coefficient (Wildman–Crippen LogP) is 4.44. The number of hydrogen-bond donors (Lipinski definition) is 0. The average Bonchev–Trinajstić information content (AvgIpc) is 2.75. The molecule has 0 saturated carbocycles. The van der Waals surface area contributed by atoms with Crippen molar-refractivity contribution in [3.05, 3.63) is 64.0 Å². The average molecular weight is 463 g/mol. The lowest BCUT2D eigenvalue weighted by molar-refractivity contribution is 0.000531. The molecular weight excluding hydrogens is 428 g/mol. The zero-order chi connectivity index (χ0) is 25.0. The van der Waals surface area contributed by atoms with Crippen LogP contribution < -0.4 is 0 Å². The molecule has 1 atom stereocenters. The Morgan fingerprint density at radius 3 is 2.47 bits per heavy atom. The van der Waals surface area contributed by atoms with Gasteiger partial charge in [0.15, 0.2) is 5.78 Å². The second-order valence-electron chi connectivity index (χ2n) is 10.1. The fourth-order valence-electron chi connectivity index (χ4n) is 4.17. The highest BCUT2D eigenvalue weighted by Gasteiger charge is 2.31. The molecule has 0 spiro atoms. The maximum Gasteiger partial charge on any atom is 0.410 e. The smallest absolute Gasteiger partial charge is 0.410 e. The number of carbonyl (C=O) groups is 2. The molecule has 34 heavy (non-hydrogen) atoms. The highest BCUT2D eigenvalue weighted by Crippen LogP contribution is 2.23. The number of hydrogen-bond acceptors (Lipinski definition) is 6. The number of Topliss-reactive ketones (excluding diaryl/α,β-unsaturated/α-hetero) is 1. The summed E-state index contributed by atoms with van der Waals surface area (Å²) >= 11 is 0. The molecule has 1 fully saturated rings. The Bertz CT molecular complexity index is 1100. The van der Waals surface area contributed by atoms with Gasteiger partial charge >= 0.3 is 6.09 Å². The van der Waals surface area contributed by atoms with Crippen LogP contribution in [-0.4, -0.2) is 57.9 Å². The molecule has 3 rings (SSSR count). The number of piperazine rings is 1. The summed E-state index contributed by atoms with van der Waals surface area (Å²) in [4.78, 5) is 33.6. The lowest BCUT2D eigenvalue weighted by Gasteiger charge is -2.40. The van der Waals surface area contributed by atoms with Gasteiger partial charge in [0.05, 0.1) is 11.6 Å². The Hall–Kier alpha value is -3.24. The summed E-state index contributed by atoms with van der Waals surface area (Å²) in [6.45, 7) is 14.2. The zero-order valence-electron chi connectivity index (χ0n) is 21.0. The van der Waals surface area contributed by atoms with Crippen molar-refractivity contribution in [1.82, 2.24) is 14.8 Å². The van der Waals surface area contributed by atoms with E-state index in [1.165, 1.54) is 0 Å². The van der Waals surface area contributed by atoms with Crippen molar-refractivity contribution in [3.63, 3.8) is 0 Å². The molecule has 1 aromatic carbocycles. The van der Waals surface area contributed by atoms with Crippen LogP contribution in [-0.2, 0) is 17.7 Å². The molecule has 1 saturated heterocycles. The SMILES string of the molecule is Cc1ccc(C(=O)Cc2cc(C#N)cc(CN3CCN(C(=O)OC(C)(C)C)[C@@H](C)C3)c2C)cn1. The summed E-state index contributed by atoms with van der Waals surface area (Å²) in [5.74, 6) is -0.0174. The Morgan fingerprint density at radius 2 is 1.88 bits per heavy atom. The first-order valence-electron chi connectivity index (χ1n) is 11.7. The van der Waals surface area contributed by atoms with E-state index in [1.807, 2.05) is 53.7 Å². The molecule has 1 aliphatic heterocycles. The van der Waals surface area contributed by atoms with E-state index in [-0.39, 0.29) is 24.3 Å². The highest BCUT2D eigenvalue weighted by atomic mass is 16.6. The molecule has 7 heteroatoms. The first kappa shape index (κ1) is 25.4. The second kappa shape index (κ2) is 10.4. The van der Waals surface area contributed by atoms with E-state index in [2.05, 4.69) is 16.0 Å². The molecule has 0 bridgehead atoms. The minimum absolute atomic E-state index is 0.0122. The van der Waals surface area contributed by atoms with E-state index in [9.17, 15) is 14.9 Å². The lowest BCUT2D eigenvalue weighted by atomic mass is 9.93. The molecule has 2 aromatic rings. The number of rotatable bonds is 5. The van der Waals surface area contributed by atoms with Crippen LogP contribution in [0.3, 0.4) is 0 Å². The molecular formula is C27H34N4O3. The van der Waals surface area contributed by atoms with Gasteiger partial charge in [-0.05, 0) is 82.5 Å². The van der Waals surface area contributed by atoms with Gasteiger partial charge < -0.3 is 9.64 Å². The van der Waals surface area contributed by atoms with E-state index >= 15 is 0 Å². The topological polar surface area (TPSA) is 86.5 Å². The van der Waals surface area contributed by atoms with Crippen molar-refractivity contribution in [1.29, 1.82) is 5.26 Å². The Balaban J connectivity index is 1.73. The number of nitriles is 1. The minimum atomic E-state index is -0.523. The van der Waals surface area contributed by atoms with Gasteiger partial charge in [-0.3, -0.25) is 14.7 Å². The summed E-state index contributed by atoms with van der Waals surface area (Å²) in [5.41, 5.74) is 4.37. The number of ketones is 1. The monoisotopic (exact) mass is 462 g/mol. The maximum absolute atomic E-state index is 12.8. The minimum Gasteiger partial charge on any atom is -0.444 e. The number of aryl methyl sites for hydroxylation is 1. The summed E-state index contributed by atoms with van der Waals surface area (Å²) in [6.07, 6.45) is 1.55. The maximum atomic E-state index is 12.8. The Morgan fingerprint density at radius 1 is 1.18 bits per heavy atom. The first-order chi connectivity index (χ1) is 16.0. The van der Waals surface area contributed by atoms with Crippen LogP contribution in [0.5, 0.6) is 0 Å². The molecule has 1 aliphatic rings. The number of benzene rings is 1. The van der Waals surface area contributed by atoms with Crippen molar-refractivity contribution in [2.75, 3.05) is 19.6 Å². The van der Waals surface area contributed by atoms with Crippen LogP contribution in [0, 0.1) is 25.2 Å². The Kier molecular flexibility index (Phi) is 7.73. The van der Waals surface area contributed by atoms with Crippen LogP contribution in [0.2, 0.25) is 0 Å². The molecule has 1 amide bonds. The highest BCUT2D eigenvalue weighted by molar-refractivity contribution is 5.97. The van der Waals surface area contributed by atoms with Gasteiger partial charge in [-0.25, -0.2) is 4.79 Å². The van der Waals surface area contributed by atoms with Gasteiger partial charge in [-0.2, -0.15) is 5.26 Å². The van der Waals surface area contributed by atoms with Gasteiger partial charge in [-0.1, -0.05) is 0 Å². The van der Waals surface area contributed by atoms with Crippen molar-refractivity contribution in [2.45, 2.75) is 66.2 Å². The molecule has 2 heterocycles. The van der Waals surface area contributed by atoms with Gasteiger partial charge in [0, 0.05) is 56.1 Å². The normalized spacial score (nSPS) is 16.7. The molecule has 0 unspecified atom stereocenters. The number of nitrogens with zero attached hydrogens (tertiary/aromatic N) is 4. The number of carbonyl (C=O) groups excluding carboxylic acids is 2. The lowest BCUT2D eigenvalue weighted by Crippen LogP contribution is -2.54. The van der Waals surface area contributed by atoms with E-state index in [0.717, 1.165) is 22.4 Å². The third-order valence-electron chi connectivity index (χ3n) is 6.07. The number of pyridine rings is 1.